The molecule has 1 aliphatic rings. The lowest BCUT2D eigenvalue weighted by Crippen LogP contribution is -2.44. The van der Waals surface area contributed by atoms with Crippen molar-refractivity contribution in [3.05, 3.63) is 59.7 Å². The minimum atomic E-state index is -1.28. The summed E-state index contributed by atoms with van der Waals surface area (Å²) in [5.41, 5.74) is -0.376. The highest BCUT2D eigenvalue weighted by Crippen LogP contribution is 2.32. The van der Waals surface area contributed by atoms with Crippen molar-refractivity contribution in [2.24, 2.45) is 7.05 Å². The third-order valence-corrected chi connectivity index (χ3v) is 4.57. The molecule has 7 heteroatoms. The first kappa shape index (κ1) is 16.9. The maximum atomic E-state index is 13.2. The molecule has 1 fully saturated rings. The zero-order chi connectivity index (χ0) is 18.2. The zero-order valence-corrected chi connectivity index (χ0v) is 14.0. The van der Waals surface area contributed by atoms with Crippen LogP contribution >= 0.6 is 0 Å². The van der Waals surface area contributed by atoms with E-state index in [9.17, 15) is 18.8 Å². The van der Waals surface area contributed by atoms with Crippen LogP contribution in [0.15, 0.2) is 42.6 Å². The van der Waals surface area contributed by atoms with E-state index in [0.717, 1.165) is 4.90 Å². The Morgan fingerprint density at radius 1 is 1.20 bits per heavy atom. The van der Waals surface area contributed by atoms with E-state index in [1.54, 1.807) is 36.9 Å². The molecule has 130 valence electrons. The molecule has 25 heavy (non-hydrogen) atoms. The molecule has 2 heterocycles. The van der Waals surface area contributed by atoms with E-state index in [4.69, 9.17) is 0 Å². The number of hydrogen-bond acceptors (Lipinski definition) is 3. The van der Waals surface area contributed by atoms with Crippen molar-refractivity contribution >= 4 is 17.7 Å². The molecule has 2 aromatic rings. The number of aromatic nitrogens is 1. The van der Waals surface area contributed by atoms with Crippen molar-refractivity contribution in [2.75, 3.05) is 6.54 Å². The Morgan fingerprint density at radius 2 is 1.88 bits per heavy atom. The molecule has 0 radical (unpaired) electrons. The van der Waals surface area contributed by atoms with Gasteiger partial charge in [0.15, 0.2) is 5.78 Å². The summed E-state index contributed by atoms with van der Waals surface area (Å²) < 4.78 is 14.8. The predicted octanol–water partition coefficient (Wildman–Crippen LogP) is 2.20. The first-order chi connectivity index (χ1) is 11.9. The second-order valence-electron chi connectivity index (χ2n) is 6.01. The van der Waals surface area contributed by atoms with Gasteiger partial charge in [0.05, 0.1) is 12.2 Å². The van der Waals surface area contributed by atoms with Crippen molar-refractivity contribution in [1.29, 1.82) is 0 Å². The second kappa shape index (κ2) is 6.16. The normalized spacial score (nSPS) is 20.0. The summed E-state index contributed by atoms with van der Waals surface area (Å²) in [6.45, 7) is 1.41. The first-order valence-corrected chi connectivity index (χ1v) is 7.93. The van der Waals surface area contributed by atoms with Gasteiger partial charge in [0.1, 0.15) is 11.4 Å². The van der Waals surface area contributed by atoms with Crippen molar-refractivity contribution in [1.82, 2.24) is 14.8 Å². The Hall–Kier alpha value is -2.96. The maximum absolute atomic E-state index is 13.2. The average Bonchev–Trinajstić information content (AvgIpc) is 3.12. The van der Waals surface area contributed by atoms with E-state index < -0.39 is 23.3 Å². The van der Waals surface area contributed by atoms with E-state index in [0.29, 0.717) is 11.3 Å². The third-order valence-electron chi connectivity index (χ3n) is 4.57. The molecular formula is C18H18FN3O3. The first-order valence-electron chi connectivity index (χ1n) is 7.93. The number of amides is 3. The van der Waals surface area contributed by atoms with Crippen molar-refractivity contribution in [3.8, 4) is 0 Å². The van der Waals surface area contributed by atoms with Crippen LogP contribution in [0.2, 0.25) is 0 Å². The van der Waals surface area contributed by atoms with Crippen molar-refractivity contribution < 1.29 is 18.8 Å². The van der Waals surface area contributed by atoms with Crippen LogP contribution < -0.4 is 5.32 Å². The highest BCUT2D eigenvalue weighted by molar-refractivity contribution is 6.11. The highest BCUT2D eigenvalue weighted by atomic mass is 19.1. The Kier molecular flexibility index (Phi) is 4.16. The largest absolute Gasteiger partial charge is 0.348 e. The van der Waals surface area contributed by atoms with Gasteiger partial charge in [-0.05, 0) is 36.2 Å². The summed E-state index contributed by atoms with van der Waals surface area (Å²) in [6.07, 6.45) is 2.01. The quantitative estimate of drug-likeness (QED) is 0.668. The molecule has 3 rings (SSSR count). The number of ketones is 1. The molecular weight excluding hydrogens is 325 g/mol. The van der Waals surface area contributed by atoms with Crippen LogP contribution in [0.4, 0.5) is 9.18 Å². The number of aryl methyl sites for hydroxylation is 1. The van der Waals surface area contributed by atoms with E-state index in [2.05, 4.69) is 5.32 Å². The van der Waals surface area contributed by atoms with Crippen LogP contribution in [0.3, 0.4) is 0 Å². The van der Waals surface area contributed by atoms with Gasteiger partial charge in [-0.15, -0.1) is 0 Å². The number of hydrogen-bond donors (Lipinski definition) is 1. The lowest BCUT2D eigenvalue weighted by atomic mass is 9.87. The lowest BCUT2D eigenvalue weighted by molar-refractivity contribution is -0.131. The number of Topliss-reactive ketones (excluding diaryl/α,β-unsaturated/α-hetero) is 1. The Bertz CT molecular complexity index is 844. The number of carbonyl (C=O) groups is 3. The molecule has 1 aromatic carbocycles. The monoisotopic (exact) mass is 343 g/mol. The van der Waals surface area contributed by atoms with Gasteiger partial charge in [-0.2, -0.15) is 0 Å². The number of imide groups is 1. The molecule has 0 spiro atoms. The number of urea groups is 1. The molecule has 1 N–H and O–H groups in total. The summed E-state index contributed by atoms with van der Waals surface area (Å²) in [5, 5.41) is 2.67. The summed E-state index contributed by atoms with van der Waals surface area (Å²) in [6, 6.07) is 8.15. The van der Waals surface area contributed by atoms with Crippen LogP contribution in [0.1, 0.15) is 29.4 Å². The summed E-state index contributed by atoms with van der Waals surface area (Å²) in [4.78, 5) is 38.6. The van der Waals surface area contributed by atoms with Crippen molar-refractivity contribution in [3.63, 3.8) is 0 Å². The molecule has 0 unspecified atom stereocenters. The van der Waals surface area contributed by atoms with E-state index in [1.807, 2.05) is 0 Å². The fourth-order valence-corrected chi connectivity index (χ4v) is 3.12. The topological polar surface area (TPSA) is 71.4 Å². The van der Waals surface area contributed by atoms with Crippen LogP contribution in [-0.2, 0) is 17.4 Å². The van der Waals surface area contributed by atoms with Gasteiger partial charge in [0.2, 0.25) is 0 Å². The fraction of sp³-hybridized carbons (Fsp3) is 0.278. The summed E-state index contributed by atoms with van der Waals surface area (Å²) in [7, 11) is 1.72. The number of nitrogens with one attached hydrogen (secondary N) is 1. The molecule has 1 atom stereocenters. The van der Waals surface area contributed by atoms with Crippen LogP contribution in [0.5, 0.6) is 0 Å². The van der Waals surface area contributed by atoms with Crippen LogP contribution in [-0.4, -0.2) is 33.7 Å². The van der Waals surface area contributed by atoms with E-state index >= 15 is 0 Å². The molecule has 0 aliphatic carbocycles. The zero-order valence-electron chi connectivity index (χ0n) is 14.0. The Morgan fingerprint density at radius 3 is 2.44 bits per heavy atom. The molecule has 1 saturated heterocycles. The van der Waals surface area contributed by atoms with E-state index in [-0.39, 0.29) is 18.7 Å². The fourth-order valence-electron chi connectivity index (χ4n) is 3.12. The number of carbonyl (C=O) groups excluding carboxylic acids is 3. The summed E-state index contributed by atoms with van der Waals surface area (Å²) in [5.74, 6) is -1.27. The molecule has 3 amide bonds. The second-order valence-corrected chi connectivity index (χ2v) is 6.01. The SMILES string of the molecule is CC[C@@]1(c2ccc(F)cc2)NC(=O)N(CC(=O)c2cccn2C)C1=O. The predicted molar refractivity (Wildman–Crippen MR) is 88.4 cm³/mol. The Balaban J connectivity index is 1.89. The van der Waals surface area contributed by atoms with Crippen LogP contribution in [0, 0.1) is 5.82 Å². The highest BCUT2D eigenvalue weighted by Gasteiger charge is 2.51. The smallest absolute Gasteiger partial charge is 0.325 e. The molecule has 0 saturated carbocycles. The number of rotatable bonds is 5. The number of halogens is 1. The molecule has 1 aromatic heterocycles. The standard InChI is InChI=1S/C18H18FN3O3/c1-3-18(12-6-8-13(19)9-7-12)16(24)22(17(25)20-18)11-15(23)14-5-4-10-21(14)2/h4-10H,3,11H2,1-2H3,(H,20,25)/t18-/m0/s1. The van der Waals surface area contributed by atoms with E-state index in [1.165, 1.54) is 24.3 Å². The minimum Gasteiger partial charge on any atom is -0.348 e. The third kappa shape index (κ3) is 2.71. The minimum absolute atomic E-state index is 0.290. The maximum Gasteiger partial charge on any atom is 0.325 e. The average molecular weight is 343 g/mol. The van der Waals surface area contributed by atoms with Gasteiger partial charge in [0.25, 0.3) is 5.91 Å². The van der Waals surface area contributed by atoms with Gasteiger partial charge >= 0.3 is 6.03 Å². The number of benzene rings is 1. The van der Waals surface area contributed by atoms with Gasteiger partial charge in [-0.3, -0.25) is 14.5 Å². The van der Waals surface area contributed by atoms with Gasteiger partial charge in [0, 0.05) is 13.2 Å². The summed E-state index contributed by atoms with van der Waals surface area (Å²) >= 11 is 0. The van der Waals surface area contributed by atoms with Gasteiger partial charge < -0.3 is 9.88 Å². The number of nitrogens with zero attached hydrogens (tertiary/aromatic N) is 2. The molecule has 6 nitrogen and oxygen atoms in total. The van der Waals surface area contributed by atoms with Gasteiger partial charge in [-0.25, -0.2) is 9.18 Å². The molecule has 1 aliphatic heterocycles. The van der Waals surface area contributed by atoms with Gasteiger partial charge in [-0.1, -0.05) is 19.1 Å². The van der Waals surface area contributed by atoms with Crippen LogP contribution in [0.25, 0.3) is 0 Å². The van der Waals surface area contributed by atoms with Crippen molar-refractivity contribution in [2.45, 2.75) is 18.9 Å². The lowest BCUT2D eigenvalue weighted by Gasteiger charge is -2.25. The Labute approximate surface area is 144 Å². The molecule has 0 bridgehead atoms.